The molecule has 0 aliphatic heterocycles. The van der Waals surface area contributed by atoms with Crippen molar-refractivity contribution in [2.24, 2.45) is 0 Å². The highest BCUT2D eigenvalue weighted by Crippen LogP contribution is 2.18. The van der Waals surface area contributed by atoms with Gasteiger partial charge in [-0.25, -0.2) is 9.97 Å². The van der Waals surface area contributed by atoms with Crippen LogP contribution in [-0.4, -0.2) is 9.97 Å². The Bertz CT molecular complexity index is 431. The van der Waals surface area contributed by atoms with Gasteiger partial charge in [-0.2, -0.15) is 0 Å². The van der Waals surface area contributed by atoms with Crippen molar-refractivity contribution in [1.29, 1.82) is 0 Å². The Balaban J connectivity index is 2.61. The summed E-state index contributed by atoms with van der Waals surface area (Å²) in [5.41, 5.74) is 1.66. The summed E-state index contributed by atoms with van der Waals surface area (Å²) in [6, 6.07) is 1.93. The molecule has 0 radical (unpaired) electrons. The molecule has 0 amide bonds. The van der Waals surface area contributed by atoms with Crippen molar-refractivity contribution in [2.75, 3.05) is 0 Å². The number of furan rings is 1. The normalized spacial score (nSPS) is 11.4. The van der Waals surface area contributed by atoms with Crippen LogP contribution in [0.15, 0.2) is 16.7 Å². The molecule has 0 saturated carbocycles. The second-order valence-electron chi connectivity index (χ2n) is 3.49. The van der Waals surface area contributed by atoms with E-state index < -0.39 is 0 Å². The predicted molar refractivity (Wildman–Crippen MR) is 50.6 cm³/mol. The fourth-order valence-electron chi connectivity index (χ4n) is 1.25. The Kier molecular flexibility index (Phi) is 1.79. The zero-order valence-corrected chi connectivity index (χ0v) is 8.03. The molecule has 68 valence electrons. The average molecular weight is 176 g/mol. The van der Waals surface area contributed by atoms with Crippen molar-refractivity contribution in [3.63, 3.8) is 0 Å². The Morgan fingerprint density at radius 3 is 2.85 bits per heavy atom. The van der Waals surface area contributed by atoms with Crippen LogP contribution in [0.2, 0.25) is 0 Å². The highest BCUT2D eigenvalue weighted by Gasteiger charge is 2.06. The molecule has 2 aromatic rings. The molecule has 2 rings (SSSR count). The second-order valence-corrected chi connectivity index (χ2v) is 3.49. The van der Waals surface area contributed by atoms with Crippen molar-refractivity contribution in [3.05, 3.63) is 23.8 Å². The van der Waals surface area contributed by atoms with E-state index in [0.29, 0.717) is 5.92 Å². The molecule has 13 heavy (non-hydrogen) atoms. The van der Waals surface area contributed by atoms with Gasteiger partial charge in [0.2, 0.25) is 0 Å². The van der Waals surface area contributed by atoms with Gasteiger partial charge in [-0.3, -0.25) is 0 Å². The molecule has 0 aliphatic rings. The standard InChI is InChI=1S/C10H12N2O/c1-6(2)10-11-5-9-8(12-10)4-7(3)13-9/h4-6H,1-3H3. The number of hydrogen-bond acceptors (Lipinski definition) is 3. The summed E-state index contributed by atoms with van der Waals surface area (Å²) in [7, 11) is 0. The lowest BCUT2D eigenvalue weighted by Gasteiger charge is -2.00. The van der Waals surface area contributed by atoms with Gasteiger partial charge in [-0.15, -0.1) is 0 Å². The third-order valence-electron chi connectivity index (χ3n) is 1.93. The number of rotatable bonds is 1. The summed E-state index contributed by atoms with van der Waals surface area (Å²) in [6.45, 7) is 6.07. The maximum Gasteiger partial charge on any atom is 0.170 e. The van der Waals surface area contributed by atoms with Gasteiger partial charge < -0.3 is 4.42 Å². The molecule has 0 unspecified atom stereocenters. The highest BCUT2D eigenvalue weighted by molar-refractivity contribution is 5.71. The summed E-state index contributed by atoms with van der Waals surface area (Å²) in [4.78, 5) is 8.61. The molecule has 0 N–H and O–H groups in total. The van der Waals surface area contributed by atoms with Crippen molar-refractivity contribution in [2.45, 2.75) is 26.7 Å². The smallest absolute Gasteiger partial charge is 0.170 e. The summed E-state index contributed by atoms with van der Waals surface area (Å²) >= 11 is 0. The number of aromatic nitrogens is 2. The first-order chi connectivity index (χ1) is 6.16. The van der Waals surface area contributed by atoms with Crippen LogP contribution >= 0.6 is 0 Å². The van der Waals surface area contributed by atoms with Crippen LogP contribution in [0.5, 0.6) is 0 Å². The third-order valence-corrected chi connectivity index (χ3v) is 1.93. The van der Waals surface area contributed by atoms with Gasteiger partial charge in [-0.05, 0) is 6.92 Å². The summed E-state index contributed by atoms with van der Waals surface area (Å²) < 4.78 is 5.38. The van der Waals surface area contributed by atoms with Crippen LogP contribution in [0.4, 0.5) is 0 Å². The summed E-state index contributed by atoms with van der Waals surface area (Å²) in [5.74, 6) is 2.11. The van der Waals surface area contributed by atoms with Gasteiger partial charge in [0.05, 0.1) is 6.20 Å². The molecule has 0 bridgehead atoms. The van der Waals surface area contributed by atoms with Crippen LogP contribution in [-0.2, 0) is 0 Å². The average Bonchev–Trinajstić information content (AvgIpc) is 2.42. The van der Waals surface area contributed by atoms with Crippen LogP contribution < -0.4 is 0 Å². The maximum absolute atomic E-state index is 5.38. The first-order valence-corrected chi connectivity index (χ1v) is 4.40. The van der Waals surface area contributed by atoms with Gasteiger partial charge in [-0.1, -0.05) is 13.8 Å². The maximum atomic E-state index is 5.38. The van der Waals surface area contributed by atoms with Gasteiger partial charge in [0, 0.05) is 12.0 Å². The predicted octanol–water partition coefficient (Wildman–Crippen LogP) is 2.65. The van der Waals surface area contributed by atoms with E-state index in [-0.39, 0.29) is 0 Å². The number of hydrogen-bond donors (Lipinski definition) is 0. The van der Waals surface area contributed by atoms with E-state index >= 15 is 0 Å². The minimum atomic E-state index is 0.361. The summed E-state index contributed by atoms with van der Waals surface area (Å²) in [6.07, 6.45) is 1.74. The fourth-order valence-corrected chi connectivity index (χ4v) is 1.25. The van der Waals surface area contributed by atoms with E-state index in [9.17, 15) is 0 Å². The van der Waals surface area contributed by atoms with Crippen LogP contribution in [0.1, 0.15) is 31.4 Å². The molecule has 3 nitrogen and oxygen atoms in total. The van der Waals surface area contributed by atoms with Crippen LogP contribution in [0.3, 0.4) is 0 Å². The van der Waals surface area contributed by atoms with E-state index in [0.717, 1.165) is 22.7 Å². The molecule has 0 aliphatic carbocycles. The molecule has 2 aromatic heterocycles. The lowest BCUT2D eigenvalue weighted by Crippen LogP contribution is -1.95. The number of fused-ring (bicyclic) bond motifs is 1. The molecule has 0 fully saturated rings. The molecular formula is C10H12N2O. The third kappa shape index (κ3) is 1.41. The Morgan fingerprint density at radius 2 is 2.15 bits per heavy atom. The lowest BCUT2D eigenvalue weighted by molar-refractivity contribution is 0.576. The highest BCUT2D eigenvalue weighted by atomic mass is 16.3. The summed E-state index contributed by atoms with van der Waals surface area (Å²) in [5, 5.41) is 0. The SMILES string of the molecule is Cc1cc2nc(C(C)C)ncc2o1. The first-order valence-electron chi connectivity index (χ1n) is 4.40. The monoisotopic (exact) mass is 176 g/mol. The molecule has 3 heteroatoms. The molecular weight excluding hydrogens is 164 g/mol. The van der Waals surface area contributed by atoms with Gasteiger partial charge in [0.15, 0.2) is 5.58 Å². The molecule has 0 atom stereocenters. The molecule has 2 heterocycles. The van der Waals surface area contributed by atoms with Crippen molar-refractivity contribution >= 4 is 11.1 Å². The van der Waals surface area contributed by atoms with Crippen LogP contribution in [0, 0.1) is 6.92 Å². The zero-order chi connectivity index (χ0) is 9.42. The quantitative estimate of drug-likeness (QED) is 0.670. The second kappa shape index (κ2) is 2.83. The van der Waals surface area contributed by atoms with E-state index in [1.54, 1.807) is 6.20 Å². The molecule has 0 saturated heterocycles. The molecule has 0 spiro atoms. The van der Waals surface area contributed by atoms with E-state index in [1.165, 1.54) is 0 Å². The largest absolute Gasteiger partial charge is 0.458 e. The minimum absolute atomic E-state index is 0.361. The van der Waals surface area contributed by atoms with E-state index in [1.807, 2.05) is 13.0 Å². The van der Waals surface area contributed by atoms with Gasteiger partial charge in [0.1, 0.15) is 17.1 Å². The van der Waals surface area contributed by atoms with Gasteiger partial charge >= 0.3 is 0 Å². The van der Waals surface area contributed by atoms with E-state index in [2.05, 4.69) is 23.8 Å². The van der Waals surface area contributed by atoms with Gasteiger partial charge in [0.25, 0.3) is 0 Å². The Hall–Kier alpha value is -1.38. The van der Waals surface area contributed by atoms with Crippen molar-refractivity contribution in [3.8, 4) is 0 Å². The minimum Gasteiger partial charge on any atom is -0.458 e. The fraction of sp³-hybridized carbons (Fsp3) is 0.400. The molecule has 0 aromatic carbocycles. The van der Waals surface area contributed by atoms with Crippen molar-refractivity contribution < 1.29 is 4.42 Å². The van der Waals surface area contributed by atoms with Crippen LogP contribution in [0.25, 0.3) is 11.1 Å². The number of nitrogens with zero attached hydrogens (tertiary/aromatic N) is 2. The zero-order valence-electron chi connectivity index (χ0n) is 8.03. The van der Waals surface area contributed by atoms with Crippen molar-refractivity contribution in [1.82, 2.24) is 9.97 Å². The topological polar surface area (TPSA) is 38.9 Å². The lowest BCUT2D eigenvalue weighted by atomic mass is 10.2. The first kappa shape index (κ1) is 8.23. The number of aryl methyl sites for hydroxylation is 1. The Labute approximate surface area is 76.8 Å². The Morgan fingerprint density at radius 1 is 1.38 bits per heavy atom. The van der Waals surface area contributed by atoms with E-state index in [4.69, 9.17) is 4.42 Å².